The third-order valence-electron chi connectivity index (χ3n) is 2.10. The molecule has 1 nitrogen and oxygen atoms in total. The average Bonchev–Trinajstić information content (AvgIpc) is 2.17. The molecule has 0 aromatic heterocycles. The van der Waals surface area contributed by atoms with Gasteiger partial charge in [-0.1, -0.05) is 18.2 Å². The minimum absolute atomic E-state index is 0.0830. The second-order valence-corrected chi connectivity index (χ2v) is 2.98. The highest BCUT2D eigenvalue weighted by Crippen LogP contribution is 2.21. The van der Waals surface area contributed by atoms with Crippen LogP contribution in [0, 0.1) is 0 Å². The van der Waals surface area contributed by atoms with Crippen molar-refractivity contribution in [3.05, 3.63) is 35.4 Å². The number of rotatable bonds is 3. The van der Waals surface area contributed by atoms with Gasteiger partial charge in [-0.25, -0.2) is 8.78 Å². The summed E-state index contributed by atoms with van der Waals surface area (Å²) in [5.41, 5.74) is 0.972. The summed E-state index contributed by atoms with van der Waals surface area (Å²) in [7, 11) is 1.81. The first-order chi connectivity index (χ1) is 6.15. The second kappa shape index (κ2) is 4.33. The number of benzene rings is 1. The molecule has 1 N–H and O–H groups in total. The van der Waals surface area contributed by atoms with E-state index < -0.39 is 6.43 Å². The smallest absolute Gasteiger partial charge is 0.263 e. The minimum atomic E-state index is -2.39. The van der Waals surface area contributed by atoms with E-state index in [4.69, 9.17) is 0 Å². The van der Waals surface area contributed by atoms with E-state index in [2.05, 4.69) is 5.32 Å². The SMILES string of the molecule is CNC(C)c1cccc(C(F)F)c1. The molecule has 0 bridgehead atoms. The maximum Gasteiger partial charge on any atom is 0.263 e. The van der Waals surface area contributed by atoms with Gasteiger partial charge in [0.2, 0.25) is 0 Å². The maximum atomic E-state index is 12.3. The summed E-state index contributed by atoms with van der Waals surface area (Å²) in [6.07, 6.45) is -2.39. The van der Waals surface area contributed by atoms with E-state index in [1.807, 2.05) is 13.0 Å². The van der Waals surface area contributed by atoms with Crippen molar-refractivity contribution in [1.29, 1.82) is 0 Å². The zero-order chi connectivity index (χ0) is 9.84. The van der Waals surface area contributed by atoms with Crippen molar-refractivity contribution in [2.24, 2.45) is 0 Å². The molecule has 0 aliphatic heterocycles. The highest BCUT2D eigenvalue weighted by Gasteiger charge is 2.09. The molecule has 1 rings (SSSR count). The molecule has 1 unspecified atom stereocenters. The van der Waals surface area contributed by atoms with E-state index in [9.17, 15) is 8.78 Å². The summed E-state index contributed by atoms with van der Waals surface area (Å²) in [4.78, 5) is 0. The molecule has 1 atom stereocenters. The Morgan fingerprint density at radius 3 is 2.38 bits per heavy atom. The van der Waals surface area contributed by atoms with Gasteiger partial charge in [-0.05, 0) is 25.6 Å². The van der Waals surface area contributed by atoms with Gasteiger partial charge in [0.25, 0.3) is 6.43 Å². The molecule has 1 aromatic carbocycles. The summed E-state index contributed by atoms with van der Waals surface area (Å²) >= 11 is 0. The largest absolute Gasteiger partial charge is 0.313 e. The van der Waals surface area contributed by atoms with E-state index in [0.29, 0.717) is 0 Å². The average molecular weight is 185 g/mol. The Morgan fingerprint density at radius 1 is 1.23 bits per heavy atom. The van der Waals surface area contributed by atoms with Gasteiger partial charge >= 0.3 is 0 Å². The van der Waals surface area contributed by atoms with Gasteiger partial charge in [0, 0.05) is 11.6 Å². The van der Waals surface area contributed by atoms with Crippen LogP contribution in [0.2, 0.25) is 0 Å². The van der Waals surface area contributed by atoms with Crippen molar-refractivity contribution >= 4 is 0 Å². The highest BCUT2D eigenvalue weighted by atomic mass is 19.3. The van der Waals surface area contributed by atoms with Crippen LogP contribution in [-0.4, -0.2) is 7.05 Å². The molecule has 0 heterocycles. The van der Waals surface area contributed by atoms with E-state index in [0.717, 1.165) is 5.56 Å². The van der Waals surface area contributed by atoms with Crippen molar-refractivity contribution in [2.75, 3.05) is 7.05 Å². The monoisotopic (exact) mass is 185 g/mol. The van der Waals surface area contributed by atoms with Crippen LogP contribution in [0.4, 0.5) is 8.78 Å². The fourth-order valence-electron chi connectivity index (χ4n) is 1.13. The fraction of sp³-hybridized carbons (Fsp3) is 0.400. The van der Waals surface area contributed by atoms with Crippen LogP contribution < -0.4 is 5.32 Å². The predicted octanol–water partition coefficient (Wildman–Crippen LogP) is 2.90. The summed E-state index contributed by atoms with van der Waals surface area (Å²) in [5, 5.41) is 3.00. The number of hydrogen-bond acceptors (Lipinski definition) is 1. The van der Waals surface area contributed by atoms with Gasteiger partial charge in [-0.3, -0.25) is 0 Å². The Bertz CT molecular complexity index is 273. The van der Waals surface area contributed by atoms with Crippen LogP contribution in [0.3, 0.4) is 0 Å². The van der Waals surface area contributed by atoms with Crippen LogP contribution in [0.5, 0.6) is 0 Å². The third-order valence-corrected chi connectivity index (χ3v) is 2.10. The first-order valence-corrected chi connectivity index (χ1v) is 4.20. The van der Waals surface area contributed by atoms with Gasteiger partial charge in [-0.15, -0.1) is 0 Å². The van der Waals surface area contributed by atoms with Crippen LogP contribution in [0.25, 0.3) is 0 Å². The number of hydrogen-bond donors (Lipinski definition) is 1. The van der Waals surface area contributed by atoms with Crippen molar-refractivity contribution in [3.63, 3.8) is 0 Å². The van der Waals surface area contributed by atoms with Crippen molar-refractivity contribution in [2.45, 2.75) is 19.4 Å². The maximum absolute atomic E-state index is 12.3. The Morgan fingerprint density at radius 2 is 1.85 bits per heavy atom. The summed E-state index contributed by atoms with van der Waals surface area (Å²) in [6, 6.07) is 6.58. The first kappa shape index (κ1) is 10.1. The summed E-state index contributed by atoms with van der Waals surface area (Å²) in [5.74, 6) is 0. The molecule has 0 aliphatic rings. The Kier molecular flexibility index (Phi) is 3.37. The lowest BCUT2D eigenvalue weighted by atomic mass is 10.1. The first-order valence-electron chi connectivity index (χ1n) is 4.20. The lowest BCUT2D eigenvalue weighted by Gasteiger charge is -2.11. The molecule has 0 amide bonds. The molecule has 0 saturated carbocycles. The summed E-state index contributed by atoms with van der Waals surface area (Å²) < 4.78 is 24.6. The Labute approximate surface area is 76.8 Å². The molecule has 72 valence electrons. The van der Waals surface area contributed by atoms with Crippen LogP contribution >= 0.6 is 0 Å². The molecule has 0 aliphatic carbocycles. The predicted molar refractivity (Wildman–Crippen MR) is 48.9 cm³/mol. The topological polar surface area (TPSA) is 12.0 Å². The molecular weight excluding hydrogens is 172 g/mol. The quantitative estimate of drug-likeness (QED) is 0.763. The van der Waals surface area contributed by atoms with E-state index in [1.54, 1.807) is 13.1 Å². The van der Waals surface area contributed by atoms with Crippen molar-refractivity contribution in [3.8, 4) is 0 Å². The molecule has 0 fully saturated rings. The molecular formula is C10H13F2N. The Balaban J connectivity index is 2.91. The van der Waals surface area contributed by atoms with Gasteiger partial charge in [0.05, 0.1) is 0 Å². The standard InChI is InChI=1S/C10H13F2N/c1-7(13-2)8-4-3-5-9(6-8)10(11)12/h3-7,10,13H,1-2H3. The van der Waals surface area contributed by atoms with E-state index in [1.165, 1.54) is 12.1 Å². The van der Waals surface area contributed by atoms with Gasteiger partial charge < -0.3 is 5.32 Å². The summed E-state index contributed by atoms with van der Waals surface area (Å²) in [6.45, 7) is 1.94. The van der Waals surface area contributed by atoms with Crippen LogP contribution in [-0.2, 0) is 0 Å². The molecule has 0 saturated heterocycles. The molecule has 0 radical (unpaired) electrons. The van der Waals surface area contributed by atoms with Crippen molar-refractivity contribution < 1.29 is 8.78 Å². The zero-order valence-corrected chi connectivity index (χ0v) is 7.72. The fourth-order valence-corrected chi connectivity index (χ4v) is 1.13. The van der Waals surface area contributed by atoms with Crippen LogP contribution in [0.1, 0.15) is 30.5 Å². The minimum Gasteiger partial charge on any atom is -0.313 e. The lowest BCUT2D eigenvalue weighted by Crippen LogP contribution is -2.12. The zero-order valence-electron chi connectivity index (χ0n) is 7.72. The lowest BCUT2D eigenvalue weighted by molar-refractivity contribution is 0.151. The number of halogens is 2. The van der Waals surface area contributed by atoms with Gasteiger partial charge in [0.1, 0.15) is 0 Å². The molecule has 0 spiro atoms. The van der Waals surface area contributed by atoms with E-state index >= 15 is 0 Å². The molecule has 13 heavy (non-hydrogen) atoms. The van der Waals surface area contributed by atoms with E-state index in [-0.39, 0.29) is 11.6 Å². The van der Waals surface area contributed by atoms with Gasteiger partial charge in [0.15, 0.2) is 0 Å². The van der Waals surface area contributed by atoms with Gasteiger partial charge in [-0.2, -0.15) is 0 Å². The number of nitrogens with one attached hydrogen (secondary N) is 1. The highest BCUT2D eigenvalue weighted by molar-refractivity contribution is 5.26. The molecule has 3 heteroatoms. The normalized spacial score (nSPS) is 13.3. The number of alkyl halides is 2. The second-order valence-electron chi connectivity index (χ2n) is 2.98. The van der Waals surface area contributed by atoms with Crippen molar-refractivity contribution in [1.82, 2.24) is 5.32 Å². The molecule has 1 aromatic rings. The van der Waals surface area contributed by atoms with Crippen LogP contribution in [0.15, 0.2) is 24.3 Å². The Hall–Kier alpha value is -0.960. The third kappa shape index (κ3) is 2.49.